The summed E-state index contributed by atoms with van der Waals surface area (Å²) in [6, 6.07) is 0.622. The third-order valence-electron chi connectivity index (χ3n) is 4.74. The second-order valence-electron chi connectivity index (χ2n) is 6.67. The minimum absolute atomic E-state index is 0.221. The van der Waals surface area contributed by atoms with E-state index in [-0.39, 0.29) is 5.54 Å². The fourth-order valence-electron chi connectivity index (χ4n) is 3.32. The molecule has 1 heterocycles. The molecule has 3 nitrogen and oxygen atoms in total. The molecule has 0 aromatic heterocycles. The van der Waals surface area contributed by atoms with Gasteiger partial charge in [0.1, 0.15) is 0 Å². The fraction of sp³-hybridized carbons (Fsp3) is 1.00. The van der Waals surface area contributed by atoms with Gasteiger partial charge in [0.05, 0.1) is 0 Å². The Labute approximate surface area is 114 Å². The summed E-state index contributed by atoms with van der Waals surface area (Å²) in [5.74, 6) is 0.755. The van der Waals surface area contributed by atoms with Gasteiger partial charge in [0.2, 0.25) is 0 Å². The summed E-state index contributed by atoms with van der Waals surface area (Å²) in [5.41, 5.74) is 6.38. The van der Waals surface area contributed by atoms with Crippen LogP contribution in [-0.2, 0) is 0 Å². The van der Waals surface area contributed by atoms with Crippen LogP contribution in [0.5, 0.6) is 0 Å². The number of nitrogens with two attached hydrogens (primary N) is 1. The molecule has 1 rings (SSSR count). The maximum Gasteiger partial charge on any atom is 0.0344 e. The molecule has 0 spiro atoms. The Morgan fingerprint density at radius 1 is 1.22 bits per heavy atom. The van der Waals surface area contributed by atoms with E-state index in [1.54, 1.807) is 0 Å². The van der Waals surface area contributed by atoms with E-state index in [9.17, 15) is 0 Å². The van der Waals surface area contributed by atoms with Crippen molar-refractivity contribution in [2.75, 3.05) is 33.7 Å². The molecule has 2 atom stereocenters. The number of hydrogen-bond acceptors (Lipinski definition) is 3. The molecule has 1 aliphatic rings. The van der Waals surface area contributed by atoms with Crippen LogP contribution in [0.4, 0.5) is 0 Å². The number of nitrogens with zero attached hydrogens (tertiary/aromatic N) is 2. The largest absolute Gasteiger partial charge is 0.329 e. The summed E-state index contributed by atoms with van der Waals surface area (Å²) >= 11 is 0. The van der Waals surface area contributed by atoms with Crippen LogP contribution in [0.2, 0.25) is 0 Å². The highest BCUT2D eigenvalue weighted by atomic mass is 15.2. The average Bonchev–Trinajstić information content (AvgIpc) is 2.50. The molecule has 0 aromatic rings. The molecular weight excluding hydrogens is 222 g/mol. The fourth-order valence-corrected chi connectivity index (χ4v) is 3.32. The van der Waals surface area contributed by atoms with Crippen LogP contribution < -0.4 is 5.73 Å². The van der Waals surface area contributed by atoms with Gasteiger partial charge in [-0.1, -0.05) is 13.8 Å². The zero-order chi connectivity index (χ0) is 13.8. The molecule has 2 N–H and O–H groups in total. The molecular formula is C15H33N3. The van der Waals surface area contributed by atoms with Crippen molar-refractivity contribution in [2.24, 2.45) is 11.7 Å². The lowest BCUT2D eigenvalue weighted by atomic mass is 9.86. The average molecular weight is 255 g/mol. The van der Waals surface area contributed by atoms with E-state index in [1.807, 2.05) is 0 Å². The van der Waals surface area contributed by atoms with Gasteiger partial charge in [-0.2, -0.15) is 0 Å². The molecule has 3 heteroatoms. The van der Waals surface area contributed by atoms with Crippen molar-refractivity contribution in [3.05, 3.63) is 0 Å². The number of likely N-dealkylation sites (tertiary alicyclic amines) is 1. The van der Waals surface area contributed by atoms with E-state index < -0.39 is 0 Å². The maximum absolute atomic E-state index is 6.16. The van der Waals surface area contributed by atoms with E-state index in [0.29, 0.717) is 6.04 Å². The number of hydrogen-bond donors (Lipinski definition) is 1. The van der Waals surface area contributed by atoms with Gasteiger partial charge in [-0.05, 0) is 65.7 Å². The first-order chi connectivity index (χ1) is 8.41. The molecule has 1 aliphatic heterocycles. The van der Waals surface area contributed by atoms with Gasteiger partial charge in [0.25, 0.3) is 0 Å². The van der Waals surface area contributed by atoms with Gasteiger partial charge in [-0.15, -0.1) is 0 Å². The van der Waals surface area contributed by atoms with Crippen LogP contribution in [0.15, 0.2) is 0 Å². The molecule has 1 saturated heterocycles. The van der Waals surface area contributed by atoms with E-state index in [1.165, 1.54) is 38.8 Å². The Morgan fingerprint density at radius 3 is 2.44 bits per heavy atom. The third-order valence-corrected chi connectivity index (χ3v) is 4.74. The molecule has 0 bridgehead atoms. The van der Waals surface area contributed by atoms with Crippen LogP contribution in [0.3, 0.4) is 0 Å². The summed E-state index contributed by atoms with van der Waals surface area (Å²) in [4.78, 5) is 5.02. The first kappa shape index (κ1) is 15.9. The standard InChI is InChI=1S/C15H33N3/c1-13(2)11-14(3)18(5)15(12-16)7-6-9-17(4)10-8-15/h13-14H,6-12,16H2,1-5H3. The zero-order valence-electron chi connectivity index (χ0n) is 13.1. The number of rotatable bonds is 5. The molecule has 0 aromatic carbocycles. The Kier molecular flexibility index (Phi) is 6.09. The number of likely N-dealkylation sites (N-methyl/N-ethyl adjacent to an activating group) is 1. The third kappa shape index (κ3) is 3.94. The smallest absolute Gasteiger partial charge is 0.0344 e. The molecule has 0 aliphatic carbocycles. The monoisotopic (exact) mass is 255 g/mol. The SMILES string of the molecule is CC(C)CC(C)N(C)C1(CN)CCCN(C)CC1. The zero-order valence-corrected chi connectivity index (χ0v) is 13.1. The summed E-state index contributed by atoms with van der Waals surface area (Å²) in [6.45, 7) is 10.1. The van der Waals surface area contributed by atoms with Crippen LogP contribution in [0, 0.1) is 5.92 Å². The van der Waals surface area contributed by atoms with Gasteiger partial charge in [0, 0.05) is 18.1 Å². The lowest BCUT2D eigenvalue weighted by Gasteiger charge is -2.44. The second kappa shape index (κ2) is 6.88. The Balaban J connectivity index is 2.72. The van der Waals surface area contributed by atoms with Gasteiger partial charge in [-0.25, -0.2) is 0 Å². The van der Waals surface area contributed by atoms with Gasteiger partial charge in [0.15, 0.2) is 0 Å². The lowest BCUT2D eigenvalue weighted by molar-refractivity contribution is 0.0612. The van der Waals surface area contributed by atoms with E-state index >= 15 is 0 Å². The van der Waals surface area contributed by atoms with Crippen molar-refractivity contribution in [3.8, 4) is 0 Å². The summed E-state index contributed by atoms with van der Waals surface area (Å²) in [6.07, 6.45) is 4.98. The Hall–Kier alpha value is -0.120. The van der Waals surface area contributed by atoms with Crippen molar-refractivity contribution >= 4 is 0 Å². The molecule has 18 heavy (non-hydrogen) atoms. The first-order valence-electron chi connectivity index (χ1n) is 7.53. The van der Waals surface area contributed by atoms with Crippen LogP contribution in [0.1, 0.15) is 46.5 Å². The molecule has 0 saturated carbocycles. The quantitative estimate of drug-likeness (QED) is 0.817. The van der Waals surface area contributed by atoms with Crippen molar-refractivity contribution in [1.82, 2.24) is 9.80 Å². The molecule has 2 unspecified atom stereocenters. The summed E-state index contributed by atoms with van der Waals surface area (Å²) in [5, 5.41) is 0. The normalized spacial score (nSPS) is 28.7. The maximum atomic E-state index is 6.16. The van der Waals surface area contributed by atoms with E-state index in [2.05, 4.69) is 44.7 Å². The van der Waals surface area contributed by atoms with Crippen molar-refractivity contribution < 1.29 is 0 Å². The van der Waals surface area contributed by atoms with Crippen LogP contribution in [0.25, 0.3) is 0 Å². The highest BCUT2D eigenvalue weighted by molar-refractivity contribution is 4.95. The van der Waals surface area contributed by atoms with Crippen molar-refractivity contribution in [3.63, 3.8) is 0 Å². The van der Waals surface area contributed by atoms with Crippen molar-refractivity contribution in [1.29, 1.82) is 0 Å². The predicted octanol–water partition coefficient (Wildman–Crippen LogP) is 2.17. The van der Waals surface area contributed by atoms with Gasteiger partial charge in [-0.3, -0.25) is 4.90 Å². The predicted molar refractivity (Wildman–Crippen MR) is 79.8 cm³/mol. The van der Waals surface area contributed by atoms with Crippen LogP contribution >= 0.6 is 0 Å². The topological polar surface area (TPSA) is 32.5 Å². The van der Waals surface area contributed by atoms with Gasteiger partial charge < -0.3 is 10.6 Å². The summed E-state index contributed by atoms with van der Waals surface area (Å²) < 4.78 is 0. The minimum atomic E-state index is 0.221. The molecule has 1 fully saturated rings. The lowest BCUT2D eigenvalue weighted by Crippen LogP contribution is -2.55. The Morgan fingerprint density at radius 2 is 1.89 bits per heavy atom. The minimum Gasteiger partial charge on any atom is -0.329 e. The highest BCUT2D eigenvalue weighted by Crippen LogP contribution is 2.29. The molecule has 108 valence electrons. The second-order valence-corrected chi connectivity index (χ2v) is 6.67. The van der Waals surface area contributed by atoms with Crippen LogP contribution in [-0.4, -0.2) is 55.1 Å². The Bertz CT molecular complexity index is 242. The van der Waals surface area contributed by atoms with E-state index in [4.69, 9.17) is 5.73 Å². The first-order valence-corrected chi connectivity index (χ1v) is 7.53. The van der Waals surface area contributed by atoms with Gasteiger partial charge >= 0.3 is 0 Å². The van der Waals surface area contributed by atoms with E-state index in [0.717, 1.165) is 12.5 Å². The summed E-state index contributed by atoms with van der Waals surface area (Å²) in [7, 11) is 4.51. The highest BCUT2D eigenvalue weighted by Gasteiger charge is 2.36. The van der Waals surface area contributed by atoms with Crippen molar-refractivity contribution in [2.45, 2.75) is 58.0 Å². The molecule has 0 radical (unpaired) electrons. The molecule has 0 amide bonds.